The Bertz CT molecular complexity index is 625. The van der Waals surface area contributed by atoms with Crippen molar-refractivity contribution >= 4 is 5.69 Å². The Morgan fingerprint density at radius 3 is 2.95 bits per heavy atom. The molecule has 1 aromatic heterocycles. The number of nitrogens with zero attached hydrogens (tertiary/aromatic N) is 2. The Hall–Kier alpha value is -2.14. The zero-order valence-electron chi connectivity index (χ0n) is 12.2. The molecule has 0 spiro atoms. The van der Waals surface area contributed by atoms with Gasteiger partial charge in [-0.3, -0.25) is 0 Å². The molecule has 5 heteroatoms. The van der Waals surface area contributed by atoms with Crippen LogP contribution >= 0.6 is 0 Å². The lowest BCUT2D eigenvalue weighted by Gasteiger charge is -2.12. The van der Waals surface area contributed by atoms with Crippen molar-refractivity contribution in [1.29, 1.82) is 0 Å². The number of hydrogen-bond donors (Lipinski definition) is 2. The molecule has 0 amide bonds. The maximum Gasteiger partial charge on any atom is 0.132 e. The molecule has 0 atom stereocenters. The highest BCUT2D eigenvalue weighted by atomic mass is 16.5. The van der Waals surface area contributed by atoms with Gasteiger partial charge < -0.3 is 15.8 Å². The molecule has 0 saturated heterocycles. The highest BCUT2D eigenvalue weighted by molar-refractivity contribution is 5.74. The average Bonchev–Trinajstić information content (AvgIpc) is 3.38. The maximum absolute atomic E-state index is 5.58. The van der Waals surface area contributed by atoms with E-state index in [1.54, 1.807) is 7.11 Å². The molecule has 21 heavy (non-hydrogen) atoms. The smallest absolute Gasteiger partial charge is 0.132 e. The summed E-state index contributed by atoms with van der Waals surface area (Å²) in [6.07, 6.45) is 4.24. The molecule has 110 valence electrons. The monoisotopic (exact) mass is 284 g/mol. The molecule has 1 aliphatic carbocycles. The van der Waals surface area contributed by atoms with Crippen molar-refractivity contribution in [3.63, 3.8) is 0 Å². The van der Waals surface area contributed by atoms with Gasteiger partial charge in [-0.15, -0.1) is 0 Å². The quantitative estimate of drug-likeness (QED) is 0.852. The number of methoxy groups -OCH3 is 1. The van der Waals surface area contributed by atoms with Crippen LogP contribution in [0.5, 0.6) is 5.75 Å². The number of aromatic nitrogens is 2. The number of nitrogens with one attached hydrogen (secondary N) is 1. The number of benzene rings is 1. The van der Waals surface area contributed by atoms with Crippen molar-refractivity contribution in [3.8, 4) is 17.0 Å². The van der Waals surface area contributed by atoms with Crippen LogP contribution in [0.3, 0.4) is 0 Å². The molecule has 3 N–H and O–H groups in total. The van der Waals surface area contributed by atoms with Gasteiger partial charge in [-0.25, -0.2) is 9.97 Å². The zero-order valence-corrected chi connectivity index (χ0v) is 12.2. The van der Waals surface area contributed by atoms with Gasteiger partial charge in [-0.05, 0) is 25.0 Å². The van der Waals surface area contributed by atoms with E-state index in [0.717, 1.165) is 28.5 Å². The Labute approximate surface area is 124 Å². The molecule has 1 fully saturated rings. The van der Waals surface area contributed by atoms with Gasteiger partial charge >= 0.3 is 0 Å². The summed E-state index contributed by atoms with van der Waals surface area (Å²) in [5.41, 5.74) is 8.43. The number of nitrogens with two attached hydrogens (primary N) is 1. The van der Waals surface area contributed by atoms with Gasteiger partial charge in [0.15, 0.2) is 0 Å². The highest BCUT2D eigenvalue weighted by Crippen LogP contribution is 2.39. The second-order valence-electron chi connectivity index (χ2n) is 5.21. The predicted octanol–water partition coefficient (Wildman–Crippen LogP) is 2.40. The fraction of sp³-hybridized carbons (Fsp3) is 0.375. The van der Waals surface area contributed by atoms with Gasteiger partial charge in [0.25, 0.3) is 0 Å². The van der Waals surface area contributed by atoms with Crippen LogP contribution in [0.2, 0.25) is 0 Å². The minimum Gasteiger partial charge on any atom is -0.497 e. The van der Waals surface area contributed by atoms with E-state index in [0.29, 0.717) is 19.0 Å². The number of hydrogen-bond acceptors (Lipinski definition) is 5. The summed E-state index contributed by atoms with van der Waals surface area (Å²) >= 11 is 0. The van der Waals surface area contributed by atoms with Crippen molar-refractivity contribution in [2.75, 3.05) is 25.5 Å². The SMILES string of the molecule is COc1cccc(-c2nc(C3CC3)ncc2NCCN)c1. The molecule has 3 rings (SSSR count). The average molecular weight is 284 g/mol. The molecule has 0 aliphatic heterocycles. The minimum atomic E-state index is 0.526. The summed E-state index contributed by atoms with van der Waals surface area (Å²) in [7, 11) is 1.67. The summed E-state index contributed by atoms with van der Waals surface area (Å²) in [4.78, 5) is 9.24. The Morgan fingerprint density at radius 2 is 2.24 bits per heavy atom. The van der Waals surface area contributed by atoms with Crippen LogP contribution in [-0.4, -0.2) is 30.2 Å². The predicted molar refractivity (Wildman–Crippen MR) is 83.5 cm³/mol. The summed E-state index contributed by atoms with van der Waals surface area (Å²) in [5, 5.41) is 3.29. The van der Waals surface area contributed by atoms with Crippen LogP contribution in [0.4, 0.5) is 5.69 Å². The molecule has 0 unspecified atom stereocenters. The summed E-state index contributed by atoms with van der Waals surface area (Å²) in [5.74, 6) is 2.29. The third kappa shape index (κ3) is 3.13. The van der Waals surface area contributed by atoms with Gasteiger partial charge in [0.05, 0.1) is 24.7 Å². The zero-order chi connectivity index (χ0) is 14.7. The minimum absolute atomic E-state index is 0.526. The van der Waals surface area contributed by atoms with E-state index in [1.165, 1.54) is 12.8 Å². The molecule has 1 saturated carbocycles. The Kier molecular flexibility index (Phi) is 4.01. The van der Waals surface area contributed by atoms with Crippen LogP contribution in [0, 0.1) is 0 Å². The van der Waals surface area contributed by atoms with Gasteiger partial charge in [-0.2, -0.15) is 0 Å². The second-order valence-corrected chi connectivity index (χ2v) is 5.21. The topological polar surface area (TPSA) is 73.1 Å². The van der Waals surface area contributed by atoms with E-state index < -0.39 is 0 Å². The van der Waals surface area contributed by atoms with Crippen LogP contribution < -0.4 is 15.8 Å². The van der Waals surface area contributed by atoms with E-state index in [1.807, 2.05) is 30.5 Å². The number of ether oxygens (including phenoxy) is 1. The van der Waals surface area contributed by atoms with Crippen LogP contribution in [0.25, 0.3) is 11.3 Å². The van der Waals surface area contributed by atoms with Crippen molar-refractivity contribution in [1.82, 2.24) is 9.97 Å². The maximum atomic E-state index is 5.58. The standard InChI is InChI=1S/C16H20N4O/c1-21-13-4-2-3-12(9-13)15-14(18-8-7-17)10-19-16(20-15)11-5-6-11/h2-4,9-11,18H,5-8,17H2,1H3. The largest absolute Gasteiger partial charge is 0.497 e. The van der Waals surface area contributed by atoms with Gasteiger partial charge in [0.2, 0.25) is 0 Å². The fourth-order valence-electron chi connectivity index (χ4n) is 2.26. The van der Waals surface area contributed by atoms with Gasteiger partial charge in [0.1, 0.15) is 11.6 Å². The molecular formula is C16H20N4O. The van der Waals surface area contributed by atoms with E-state index in [4.69, 9.17) is 15.5 Å². The highest BCUT2D eigenvalue weighted by Gasteiger charge is 2.27. The van der Waals surface area contributed by atoms with Crippen LogP contribution in [-0.2, 0) is 0 Å². The molecule has 5 nitrogen and oxygen atoms in total. The third-order valence-electron chi connectivity index (χ3n) is 3.55. The summed E-state index contributed by atoms with van der Waals surface area (Å²) in [6, 6.07) is 7.93. The fourth-order valence-corrected chi connectivity index (χ4v) is 2.26. The first-order valence-corrected chi connectivity index (χ1v) is 7.27. The molecular weight excluding hydrogens is 264 g/mol. The first-order valence-electron chi connectivity index (χ1n) is 7.27. The molecule has 2 aromatic rings. The first kappa shape index (κ1) is 13.8. The second kappa shape index (κ2) is 6.10. The molecule has 1 aliphatic rings. The van der Waals surface area contributed by atoms with Crippen molar-refractivity contribution in [3.05, 3.63) is 36.3 Å². The molecule has 0 bridgehead atoms. The summed E-state index contributed by atoms with van der Waals surface area (Å²) < 4.78 is 5.30. The molecule has 1 heterocycles. The number of rotatable bonds is 6. The van der Waals surface area contributed by atoms with E-state index >= 15 is 0 Å². The van der Waals surface area contributed by atoms with E-state index in [9.17, 15) is 0 Å². The van der Waals surface area contributed by atoms with Gasteiger partial charge in [-0.1, -0.05) is 12.1 Å². The van der Waals surface area contributed by atoms with Crippen molar-refractivity contribution in [2.45, 2.75) is 18.8 Å². The van der Waals surface area contributed by atoms with E-state index in [2.05, 4.69) is 10.3 Å². The van der Waals surface area contributed by atoms with E-state index in [-0.39, 0.29) is 0 Å². The normalized spacial score (nSPS) is 14.0. The molecule has 1 aromatic carbocycles. The lowest BCUT2D eigenvalue weighted by Crippen LogP contribution is -2.14. The lowest BCUT2D eigenvalue weighted by molar-refractivity contribution is 0.415. The lowest BCUT2D eigenvalue weighted by atomic mass is 10.1. The van der Waals surface area contributed by atoms with Crippen molar-refractivity contribution in [2.24, 2.45) is 5.73 Å². The Balaban J connectivity index is 2.01. The van der Waals surface area contributed by atoms with Crippen LogP contribution in [0.1, 0.15) is 24.6 Å². The first-order chi connectivity index (χ1) is 10.3. The van der Waals surface area contributed by atoms with Gasteiger partial charge in [0, 0.05) is 24.6 Å². The number of anilines is 1. The third-order valence-corrected chi connectivity index (χ3v) is 3.55. The van der Waals surface area contributed by atoms with Crippen molar-refractivity contribution < 1.29 is 4.74 Å². The Morgan fingerprint density at radius 1 is 1.38 bits per heavy atom. The molecule has 0 radical (unpaired) electrons. The van der Waals surface area contributed by atoms with Crippen LogP contribution in [0.15, 0.2) is 30.5 Å². The summed E-state index contributed by atoms with van der Waals surface area (Å²) in [6.45, 7) is 1.27.